The van der Waals surface area contributed by atoms with E-state index in [-0.39, 0.29) is 0 Å². The zero-order valence-corrected chi connectivity index (χ0v) is 7.72. The summed E-state index contributed by atoms with van der Waals surface area (Å²) in [6.45, 7) is 1.04. The maximum Gasteiger partial charge on any atom is 0.379 e. The van der Waals surface area contributed by atoms with Crippen molar-refractivity contribution in [3.05, 3.63) is 11.6 Å². The van der Waals surface area contributed by atoms with E-state index in [9.17, 15) is 30.7 Å². The summed E-state index contributed by atoms with van der Waals surface area (Å²) in [6.07, 6.45) is -0.688. The number of rotatable bonds is 1. The average Bonchev–Trinajstić information content (AvgIpc) is 2.07. The van der Waals surface area contributed by atoms with Crippen LogP contribution >= 0.6 is 0 Å². The summed E-state index contributed by atoms with van der Waals surface area (Å²) >= 11 is 0. The number of hydrogen-bond donors (Lipinski definition) is 0. The van der Waals surface area contributed by atoms with E-state index in [4.69, 9.17) is 0 Å². The van der Waals surface area contributed by atoms with Gasteiger partial charge in [-0.25, -0.2) is 4.39 Å². The molecule has 0 saturated carbocycles. The Balaban J connectivity index is 3.35. The van der Waals surface area contributed by atoms with Crippen molar-refractivity contribution in [1.82, 2.24) is 0 Å². The molecule has 0 heterocycles. The molecule has 15 heavy (non-hydrogen) atoms. The molecule has 0 aromatic heterocycles. The monoisotopic (exact) mass is 236 g/mol. The topological polar surface area (TPSA) is 0 Å². The van der Waals surface area contributed by atoms with Crippen LogP contribution in [0.1, 0.15) is 13.8 Å². The van der Waals surface area contributed by atoms with Crippen molar-refractivity contribution in [2.24, 2.45) is 0 Å². The third-order valence-electron chi connectivity index (χ3n) is 2.12. The summed E-state index contributed by atoms with van der Waals surface area (Å²) in [7, 11) is 0. The molecular weight excluding hydrogens is 229 g/mol. The lowest BCUT2D eigenvalue weighted by atomic mass is 9.96. The number of allylic oxidation sites excluding steroid dienone is 2. The van der Waals surface area contributed by atoms with Crippen LogP contribution in [0, 0.1) is 0 Å². The highest BCUT2D eigenvalue weighted by Gasteiger charge is 2.78. The predicted octanol–water partition coefficient (Wildman–Crippen LogP) is 3.58. The highest BCUT2D eigenvalue weighted by atomic mass is 19.3. The lowest BCUT2D eigenvalue weighted by Gasteiger charge is -2.28. The van der Waals surface area contributed by atoms with Crippen LogP contribution in [0.5, 0.6) is 0 Å². The fraction of sp³-hybridized carbons (Fsp3) is 0.750. The molecule has 0 unspecified atom stereocenters. The summed E-state index contributed by atoms with van der Waals surface area (Å²) in [4.78, 5) is 0. The summed E-state index contributed by atoms with van der Waals surface area (Å²) < 4.78 is 88.9. The number of alkyl halides is 7. The lowest BCUT2D eigenvalue weighted by molar-refractivity contribution is -0.265. The first kappa shape index (κ1) is 12.3. The van der Waals surface area contributed by atoms with E-state index >= 15 is 0 Å². The molecule has 1 aliphatic carbocycles. The highest BCUT2D eigenvalue weighted by molar-refractivity contribution is 5.37. The Morgan fingerprint density at radius 2 is 1.40 bits per heavy atom. The fourth-order valence-corrected chi connectivity index (χ4v) is 1.29. The van der Waals surface area contributed by atoms with Gasteiger partial charge in [-0.1, -0.05) is 0 Å². The van der Waals surface area contributed by atoms with Crippen LogP contribution in [-0.2, 0) is 0 Å². The van der Waals surface area contributed by atoms with Gasteiger partial charge in [-0.2, -0.15) is 26.3 Å². The smallest absolute Gasteiger partial charge is 0.239 e. The van der Waals surface area contributed by atoms with Crippen molar-refractivity contribution >= 4 is 0 Å². The van der Waals surface area contributed by atoms with E-state index < -0.39 is 35.1 Å². The van der Waals surface area contributed by atoms with Gasteiger partial charge >= 0.3 is 17.8 Å². The molecule has 88 valence electrons. The van der Waals surface area contributed by atoms with Crippen LogP contribution in [0.3, 0.4) is 0 Å². The lowest BCUT2D eigenvalue weighted by Crippen LogP contribution is -2.50. The molecule has 0 atom stereocenters. The maximum absolute atomic E-state index is 13.1. The summed E-state index contributed by atoms with van der Waals surface area (Å²) in [5.74, 6) is -15.8. The van der Waals surface area contributed by atoms with Gasteiger partial charge < -0.3 is 0 Å². The van der Waals surface area contributed by atoms with Crippen molar-refractivity contribution in [1.29, 1.82) is 0 Å². The molecule has 0 bridgehead atoms. The number of halogens is 7. The molecule has 0 saturated heterocycles. The second kappa shape index (κ2) is 2.68. The van der Waals surface area contributed by atoms with Gasteiger partial charge in [0.1, 0.15) is 5.67 Å². The third-order valence-corrected chi connectivity index (χ3v) is 2.12. The minimum atomic E-state index is -5.58. The molecule has 0 nitrogen and oxygen atoms in total. The molecule has 1 aliphatic rings. The summed E-state index contributed by atoms with van der Waals surface area (Å²) in [5, 5.41) is 0. The normalized spacial score (nSPS) is 27.7. The highest BCUT2D eigenvalue weighted by Crippen LogP contribution is 2.58. The van der Waals surface area contributed by atoms with Gasteiger partial charge in [0.15, 0.2) is 0 Å². The third kappa shape index (κ3) is 1.43. The van der Waals surface area contributed by atoms with E-state index in [0.29, 0.717) is 13.8 Å². The van der Waals surface area contributed by atoms with Crippen molar-refractivity contribution in [2.45, 2.75) is 37.3 Å². The average molecular weight is 236 g/mol. The van der Waals surface area contributed by atoms with E-state index in [1.165, 1.54) is 0 Å². The molecule has 1 rings (SSSR count). The van der Waals surface area contributed by atoms with Crippen molar-refractivity contribution < 1.29 is 30.7 Å². The first-order chi connectivity index (χ1) is 6.34. The Hall–Kier alpha value is -0.750. The van der Waals surface area contributed by atoms with Crippen molar-refractivity contribution in [3.8, 4) is 0 Å². The van der Waals surface area contributed by atoms with Crippen molar-refractivity contribution in [3.63, 3.8) is 0 Å². The fourth-order valence-electron chi connectivity index (χ4n) is 1.29. The second-order valence-electron chi connectivity index (χ2n) is 3.80. The van der Waals surface area contributed by atoms with Crippen LogP contribution in [-0.4, -0.2) is 23.4 Å². The van der Waals surface area contributed by atoms with Crippen molar-refractivity contribution in [2.75, 3.05) is 0 Å². The molecule has 0 aromatic rings. The largest absolute Gasteiger partial charge is 0.379 e. The molecule has 0 radical (unpaired) electrons. The molecular formula is C8H7F7. The van der Waals surface area contributed by atoms with Crippen LogP contribution in [0.4, 0.5) is 30.7 Å². The summed E-state index contributed by atoms with van der Waals surface area (Å²) in [5.41, 5.74) is -4.81. The summed E-state index contributed by atoms with van der Waals surface area (Å²) in [6, 6.07) is 0. The minimum absolute atomic E-state index is 0.518. The molecule has 0 fully saturated rings. The second-order valence-corrected chi connectivity index (χ2v) is 3.80. The zero-order chi connectivity index (χ0) is 12.3. The molecule has 0 N–H and O–H groups in total. The minimum Gasteiger partial charge on any atom is -0.239 e. The molecule has 7 heteroatoms. The van der Waals surface area contributed by atoms with E-state index in [1.807, 2.05) is 0 Å². The van der Waals surface area contributed by atoms with E-state index in [2.05, 4.69) is 0 Å². The Bertz CT molecular complexity index is 307. The zero-order valence-electron chi connectivity index (χ0n) is 7.72. The van der Waals surface area contributed by atoms with Gasteiger partial charge in [-0.15, -0.1) is 0 Å². The van der Waals surface area contributed by atoms with Crippen LogP contribution in [0.15, 0.2) is 11.6 Å². The standard InChI is InChI=1S/C8H7F7/c1-5(2,9)4-3-6(10,11)8(14,15)7(4,12)13/h3H,1-2H3. The SMILES string of the molecule is CC(C)(F)C1=CC(F)(F)C(F)(F)C1(F)F. The van der Waals surface area contributed by atoms with Gasteiger partial charge in [-0.05, 0) is 19.9 Å². The van der Waals surface area contributed by atoms with E-state index in [0.717, 1.165) is 0 Å². The Morgan fingerprint density at radius 1 is 1.00 bits per heavy atom. The van der Waals surface area contributed by atoms with Crippen LogP contribution in [0.25, 0.3) is 0 Å². The van der Waals surface area contributed by atoms with Gasteiger partial charge in [0.25, 0.3) is 0 Å². The quantitative estimate of drug-likeness (QED) is 0.482. The van der Waals surface area contributed by atoms with Gasteiger partial charge in [0, 0.05) is 5.57 Å². The Kier molecular flexibility index (Phi) is 2.20. The molecule has 0 aliphatic heterocycles. The molecule has 0 spiro atoms. The van der Waals surface area contributed by atoms with Crippen LogP contribution in [0.2, 0.25) is 0 Å². The maximum atomic E-state index is 13.1. The molecule has 0 amide bonds. The predicted molar refractivity (Wildman–Crippen MR) is 38.1 cm³/mol. The van der Waals surface area contributed by atoms with Gasteiger partial charge in [0.2, 0.25) is 0 Å². The Morgan fingerprint density at radius 3 is 1.53 bits per heavy atom. The molecule has 0 aromatic carbocycles. The Labute approximate surface area is 80.8 Å². The van der Waals surface area contributed by atoms with Gasteiger partial charge in [-0.3, -0.25) is 0 Å². The first-order valence-electron chi connectivity index (χ1n) is 3.90. The van der Waals surface area contributed by atoms with E-state index in [1.54, 1.807) is 0 Å². The first-order valence-corrected chi connectivity index (χ1v) is 3.90. The van der Waals surface area contributed by atoms with Gasteiger partial charge in [0.05, 0.1) is 0 Å². The number of hydrogen-bond acceptors (Lipinski definition) is 0. The van der Waals surface area contributed by atoms with Crippen LogP contribution < -0.4 is 0 Å².